The van der Waals surface area contributed by atoms with Crippen molar-refractivity contribution < 1.29 is 13.9 Å². The molecule has 1 aromatic heterocycles. The van der Waals surface area contributed by atoms with Crippen molar-refractivity contribution in [1.29, 1.82) is 4.78 Å². The van der Waals surface area contributed by atoms with Gasteiger partial charge in [-0.25, -0.2) is 14.4 Å². The van der Waals surface area contributed by atoms with Crippen LogP contribution in [0.5, 0.6) is 11.6 Å². The second-order valence-corrected chi connectivity index (χ2v) is 7.97. The molecule has 5 nitrogen and oxygen atoms in total. The number of benzene rings is 2. The summed E-state index contributed by atoms with van der Waals surface area (Å²) in [7, 11) is 0.958. The van der Waals surface area contributed by atoms with Crippen LogP contribution in [0.25, 0.3) is 10.9 Å². The fourth-order valence-corrected chi connectivity index (χ4v) is 4.22. The number of ether oxygens (including phenoxy) is 2. The lowest BCUT2D eigenvalue weighted by molar-refractivity contribution is 0.297. The van der Waals surface area contributed by atoms with Crippen molar-refractivity contribution in [2.24, 2.45) is 0 Å². The zero-order valence-corrected chi connectivity index (χ0v) is 15.1. The van der Waals surface area contributed by atoms with E-state index in [2.05, 4.69) is 9.97 Å². The first kappa shape index (κ1) is 16.9. The van der Waals surface area contributed by atoms with Crippen molar-refractivity contribution in [2.75, 3.05) is 7.11 Å². The van der Waals surface area contributed by atoms with Crippen molar-refractivity contribution in [3.05, 3.63) is 54.1 Å². The number of nitrogens with one attached hydrogen (secondary N) is 1. The SMILES string of the molecule is COc1cc2ncnc(OCc3cccc(S(=N)C4CC4)c3)c2cc1F. The fraction of sp³-hybridized carbons (Fsp3) is 0.263. The largest absolute Gasteiger partial charge is 0.494 e. The van der Waals surface area contributed by atoms with Crippen LogP contribution >= 0.6 is 0 Å². The van der Waals surface area contributed by atoms with E-state index in [1.54, 1.807) is 0 Å². The van der Waals surface area contributed by atoms with Crippen LogP contribution in [0.3, 0.4) is 0 Å². The van der Waals surface area contributed by atoms with Crippen LogP contribution in [0.15, 0.2) is 47.6 Å². The highest BCUT2D eigenvalue weighted by molar-refractivity contribution is 7.87. The van der Waals surface area contributed by atoms with Crippen LogP contribution < -0.4 is 9.47 Å². The molecule has 1 aliphatic rings. The van der Waals surface area contributed by atoms with Crippen molar-refractivity contribution in [1.82, 2.24) is 9.97 Å². The second kappa shape index (κ2) is 6.99. The van der Waals surface area contributed by atoms with Gasteiger partial charge in [0.15, 0.2) is 11.6 Å². The second-order valence-electron chi connectivity index (χ2n) is 6.16. The third kappa shape index (κ3) is 3.39. The fourth-order valence-electron chi connectivity index (χ4n) is 2.73. The van der Waals surface area contributed by atoms with Crippen LogP contribution in [0.2, 0.25) is 0 Å². The molecule has 1 unspecified atom stereocenters. The summed E-state index contributed by atoms with van der Waals surface area (Å²) in [6, 6.07) is 10.8. The molecule has 1 aliphatic carbocycles. The van der Waals surface area contributed by atoms with E-state index >= 15 is 0 Å². The highest BCUT2D eigenvalue weighted by Gasteiger charge is 2.26. The number of halogens is 1. The smallest absolute Gasteiger partial charge is 0.224 e. The standard InChI is InChI=1S/C19H18FN3O2S/c1-24-18-9-17-15(8-16(18)20)19(23-11-22-17)25-10-12-3-2-4-14(7-12)26(21)13-5-6-13/h2-4,7-9,11,13,21H,5-6,10H2,1H3. The van der Waals surface area contributed by atoms with Crippen LogP contribution in [-0.2, 0) is 17.3 Å². The summed E-state index contributed by atoms with van der Waals surface area (Å²) in [6.45, 7) is 0.301. The average Bonchev–Trinajstić information content (AvgIpc) is 3.51. The first-order valence-electron chi connectivity index (χ1n) is 8.30. The summed E-state index contributed by atoms with van der Waals surface area (Å²) >= 11 is 0. The van der Waals surface area contributed by atoms with Crippen LogP contribution in [-0.4, -0.2) is 22.3 Å². The van der Waals surface area contributed by atoms with Crippen LogP contribution in [0.1, 0.15) is 18.4 Å². The minimum absolute atomic E-state index is 0.136. The van der Waals surface area contributed by atoms with Gasteiger partial charge in [-0.15, -0.1) is 0 Å². The molecular formula is C19H18FN3O2S. The van der Waals surface area contributed by atoms with E-state index in [0.29, 0.717) is 28.6 Å². The molecule has 2 aromatic carbocycles. The van der Waals surface area contributed by atoms with Gasteiger partial charge in [-0.2, -0.15) is 0 Å². The van der Waals surface area contributed by atoms with Gasteiger partial charge in [0.25, 0.3) is 0 Å². The van der Waals surface area contributed by atoms with Gasteiger partial charge in [0.2, 0.25) is 5.88 Å². The topological polar surface area (TPSA) is 68.1 Å². The number of nitrogens with zero attached hydrogens (tertiary/aromatic N) is 2. The Hall–Kier alpha value is -2.54. The molecule has 134 valence electrons. The molecule has 1 saturated carbocycles. The summed E-state index contributed by atoms with van der Waals surface area (Å²) in [5.41, 5.74) is 1.53. The van der Waals surface area contributed by atoms with Crippen molar-refractivity contribution in [3.8, 4) is 11.6 Å². The van der Waals surface area contributed by atoms with Crippen LogP contribution in [0, 0.1) is 10.6 Å². The van der Waals surface area contributed by atoms with E-state index in [0.717, 1.165) is 23.3 Å². The molecule has 0 spiro atoms. The maximum atomic E-state index is 14.0. The van der Waals surface area contributed by atoms with Gasteiger partial charge in [-0.3, -0.25) is 4.78 Å². The molecule has 1 heterocycles. The predicted octanol–water partition coefficient (Wildman–Crippen LogP) is 4.26. The predicted molar refractivity (Wildman–Crippen MR) is 98.2 cm³/mol. The Kier molecular flexibility index (Phi) is 4.55. The molecule has 1 fully saturated rings. The number of fused-ring (bicyclic) bond motifs is 1. The lowest BCUT2D eigenvalue weighted by atomic mass is 10.2. The van der Waals surface area contributed by atoms with E-state index in [4.69, 9.17) is 14.3 Å². The maximum Gasteiger partial charge on any atom is 0.224 e. The Labute approximate surface area is 153 Å². The molecule has 0 saturated heterocycles. The molecule has 1 atom stereocenters. The van der Waals surface area contributed by atoms with Gasteiger partial charge in [0, 0.05) is 16.2 Å². The summed E-state index contributed by atoms with van der Waals surface area (Å²) in [5, 5.41) is 1.01. The molecule has 0 bridgehead atoms. The lowest BCUT2D eigenvalue weighted by Gasteiger charge is -2.11. The number of hydrogen-bond acceptors (Lipinski definition) is 5. The number of aromatic nitrogens is 2. The number of methoxy groups -OCH3 is 1. The Balaban J connectivity index is 1.57. The van der Waals surface area contributed by atoms with Crippen molar-refractivity contribution in [2.45, 2.75) is 29.6 Å². The average molecular weight is 371 g/mol. The molecule has 7 heteroatoms. The summed E-state index contributed by atoms with van der Waals surface area (Å²) in [5.74, 6) is -0.0178. The molecule has 0 aliphatic heterocycles. The van der Waals surface area contributed by atoms with Gasteiger partial charge < -0.3 is 9.47 Å². The molecule has 0 amide bonds. The van der Waals surface area contributed by atoms with Gasteiger partial charge in [0.1, 0.15) is 12.9 Å². The highest BCUT2D eigenvalue weighted by atomic mass is 32.2. The Morgan fingerprint density at radius 2 is 2.08 bits per heavy atom. The Morgan fingerprint density at radius 3 is 2.85 bits per heavy atom. The van der Waals surface area contributed by atoms with E-state index in [9.17, 15) is 4.39 Å². The zero-order valence-electron chi connectivity index (χ0n) is 14.2. The Morgan fingerprint density at radius 1 is 1.23 bits per heavy atom. The third-order valence-electron chi connectivity index (χ3n) is 4.26. The quantitative estimate of drug-likeness (QED) is 0.703. The lowest BCUT2D eigenvalue weighted by Crippen LogP contribution is -2.01. The van der Waals surface area contributed by atoms with Gasteiger partial charge in [-0.05, 0) is 36.6 Å². The summed E-state index contributed by atoms with van der Waals surface area (Å²) in [4.78, 5) is 9.33. The Bertz CT molecular complexity index is 992. The number of hydrogen-bond donors (Lipinski definition) is 1. The summed E-state index contributed by atoms with van der Waals surface area (Å²) in [6.07, 6.45) is 3.68. The number of rotatable bonds is 6. The van der Waals surface area contributed by atoms with Crippen LogP contribution in [0.4, 0.5) is 4.39 Å². The molecule has 4 rings (SSSR count). The molecule has 3 aromatic rings. The normalized spacial score (nSPS) is 15.0. The van der Waals surface area contributed by atoms with E-state index in [1.165, 1.54) is 25.6 Å². The summed E-state index contributed by atoms with van der Waals surface area (Å²) < 4.78 is 33.2. The minimum atomic E-state index is -0.482. The van der Waals surface area contributed by atoms with Crippen molar-refractivity contribution >= 4 is 21.6 Å². The van der Waals surface area contributed by atoms with E-state index in [1.807, 2.05) is 24.3 Å². The van der Waals surface area contributed by atoms with Gasteiger partial charge >= 0.3 is 0 Å². The van der Waals surface area contributed by atoms with E-state index < -0.39 is 16.5 Å². The van der Waals surface area contributed by atoms with Crippen molar-refractivity contribution in [3.63, 3.8) is 0 Å². The van der Waals surface area contributed by atoms with Gasteiger partial charge in [-0.1, -0.05) is 22.8 Å². The zero-order chi connectivity index (χ0) is 18.1. The van der Waals surface area contributed by atoms with E-state index in [-0.39, 0.29) is 5.75 Å². The molecule has 1 N–H and O–H groups in total. The molecular weight excluding hydrogens is 353 g/mol. The third-order valence-corrected chi connectivity index (χ3v) is 6.16. The maximum absolute atomic E-state index is 14.0. The first-order chi connectivity index (χ1) is 12.7. The minimum Gasteiger partial charge on any atom is -0.494 e. The highest BCUT2D eigenvalue weighted by Crippen LogP contribution is 2.31. The monoisotopic (exact) mass is 371 g/mol. The molecule has 26 heavy (non-hydrogen) atoms. The van der Waals surface area contributed by atoms with Gasteiger partial charge in [0.05, 0.1) is 18.0 Å². The molecule has 0 radical (unpaired) electrons. The first-order valence-corrected chi connectivity index (χ1v) is 9.59.